The lowest BCUT2D eigenvalue weighted by molar-refractivity contribution is -0.122. The van der Waals surface area contributed by atoms with Gasteiger partial charge in [-0.3, -0.25) is 4.79 Å². The molecule has 1 aromatic rings. The van der Waals surface area contributed by atoms with Crippen LogP contribution in [0.25, 0.3) is 0 Å². The van der Waals surface area contributed by atoms with Crippen molar-refractivity contribution in [1.82, 2.24) is 5.32 Å². The third-order valence-electron chi connectivity index (χ3n) is 3.57. The van der Waals surface area contributed by atoms with Gasteiger partial charge in [-0.15, -0.1) is 0 Å². The van der Waals surface area contributed by atoms with Crippen LogP contribution in [0.3, 0.4) is 0 Å². The van der Waals surface area contributed by atoms with Crippen molar-refractivity contribution in [2.45, 2.75) is 46.6 Å². The number of aryl methyl sites for hydroxylation is 1. The summed E-state index contributed by atoms with van der Waals surface area (Å²) in [5.74, 6) is 0.945. The summed E-state index contributed by atoms with van der Waals surface area (Å²) in [6.45, 7) is 8.97. The molecule has 0 bridgehead atoms. The van der Waals surface area contributed by atoms with Crippen molar-refractivity contribution in [2.24, 2.45) is 17.6 Å². The molecule has 0 spiro atoms. The van der Waals surface area contributed by atoms with Crippen molar-refractivity contribution >= 4 is 5.91 Å². The molecule has 1 aromatic carbocycles. The van der Waals surface area contributed by atoms with Crippen molar-refractivity contribution in [3.63, 3.8) is 0 Å². The van der Waals surface area contributed by atoms with E-state index in [1.54, 1.807) is 0 Å². The number of benzene rings is 1. The molecule has 2 atom stereocenters. The first-order valence-corrected chi connectivity index (χ1v) is 7.48. The molecule has 0 saturated heterocycles. The molecule has 3 N–H and O–H groups in total. The van der Waals surface area contributed by atoms with Crippen LogP contribution in [0.1, 0.15) is 50.8 Å². The summed E-state index contributed by atoms with van der Waals surface area (Å²) in [5, 5.41) is 3.06. The lowest BCUT2D eigenvalue weighted by atomic mass is 9.94. The second kappa shape index (κ2) is 8.05. The molecule has 0 fully saturated rings. The zero-order valence-electron chi connectivity index (χ0n) is 13.1. The molecule has 0 aromatic heterocycles. The molecule has 0 aliphatic rings. The highest BCUT2D eigenvalue weighted by molar-refractivity contribution is 5.76. The van der Waals surface area contributed by atoms with E-state index in [0.29, 0.717) is 18.9 Å². The summed E-state index contributed by atoms with van der Waals surface area (Å²) in [4.78, 5) is 12.1. The monoisotopic (exact) mass is 276 g/mol. The van der Waals surface area contributed by atoms with E-state index in [4.69, 9.17) is 5.73 Å². The molecule has 3 nitrogen and oxygen atoms in total. The van der Waals surface area contributed by atoms with Crippen LogP contribution in [0.15, 0.2) is 24.3 Å². The molecule has 3 heteroatoms. The average molecular weight is 276 g/mol. The van der Waals surface area contributed by atoms with Gasteiger partial charge in [0.1, 0.15) is 0 Å². The number of carbonyl (C=O) groups excluding carboxylic acids is 1. The molecule has 0 aliphatic heterocycles. The maximum atomic E-state index is 12.1. The summed E-state index contributed by atoms with van der Waals surface area (Å²) in [6, 6.07) is 8.31. The summed E-state index contributed by atoms with van der Waals surface area (Å²) >= 11 is 0. The fourth-order valence-electron chi connectivity index (χ4n) is 2.43. The number of carbonyl (C=O) groups is 1. The molecule has 0 heterocycles. The lowest BCUT2D eigenvalue weighted by Crippen LogP contribution is -2.30. The predicted molar refractivity (Wildman–Crippen MR) is 84.4 cm³/mol. The molecule has 1 amide bonds. The van der Waals surface area contributed by atoms with E-state index < -0.39 is 0 Å². The second-order valence-corrected chi connectivity index (χ2v) is 6.14. The highest BCUT2D eigenvalue weighted by Crippen LogP contribution is 2.16. The van der Waals surface area contributed by atoms with Crippen LogP contribution in [0, 0.1) is 18.8 Å². The van der Waals surface area contributed by atoms with E-state index in [0.717, 1.165) is 12.0 Å². The van der Waals surface area contributed by atoms with Crippen LogP contribution in [0.4, 0.5) is 0 Å². The van der Waals surface area contributed by atoms with E-state index in [9.17, 15) is 4.79 Å². The van der Waals surface area contributed by atoms with E-state index >= 15 is 0 Å². The fraction of sp³-hybridized carbons (Fsp3) is 0.588. The van der Waals surface area contributed by atoms with E-state index in [1.807, 2.05) is 6.92 Å². The number of rotatable bonds is 7. The summed E-state index contributed by atoms with van der Waals surface area (Å²) < 4.78 is 0. The minimum absolute atomic E-state index is 0.0422. The zero-order chi connectivity index (χ0) is 15.1. The standard InChI is InChI=1S/C17H28N2O/c1-12(2)9-15(11-18)10-17(20)19-14(4)16-7-5-13(3)6-8-16/h5-8,12,14-15H,9-11,18H2,1-4H3,(H,19,20)/t14?,15-/m0/s1. The van der Waals surface area contributed by atoms with Crippen LogP contribution in [0.5, 0.6) is 0 Å². The van der Waals surface area contributed by atoms with Crippen molar-refractivity contribution in [3.8, 4) is 0 Å². The third-order valence-corrected chi connectivity index (χ3v) is 3.57. The van der Waals surface area contributed by atoms with Crippen molar-refractivity contribution < 1.29 is 4.79 Å². The Bertz CT molecular complexity index is 412. The van der Waals surface area contributed by atoms with Crippen LogP contribution >= 0.6 is 0 Å². The Balaban J connectivity index is 2.50. The molecule has 1 rings (SSSR count). The Hall–Kier alpha value is -1.35. The normalized spacial score (nSPS) is 14.1. The van der Waals surface area contributed by atoms with Crippen LogP contribution in [-0.2, 0) is 4.79 Å². The first-order valence-electron chi connectivity index (χ1n) is 7.48. The highest BCUT2D eigenvalue weighted by atomic mass is 16.1. The fourth-order valence-corrected chi connectivity index (χ4v) is 2.43. The predicted octanol–water partition coefficient (Wildman–Crippen LogP) is 3.18. The molecule has 112 valence electrons. The molecule has 0 radical (unpaired) electrons. The topological polar surface area (TPSA) is 55.1 Å². The van der Waals surface area contributed by atoms with Gasteiger partial charge in [-0.25, -0.2) is 0 Å². The highest BCUT2D eigenvalue weighted by Gasteiger charge is 2.16. The maximum Gasteiger partial charge on any atom is 0.220 e. The van der Waals surface area contributed by atoms with Crippen molar-refractivity contribution in [2.75, 3.05) is 6.54 Å². The van der Waals surface area contributed by atoms with Crippen LogP contribution in [-0.4, -0.2) is 12.5 Å². The first kappa shape index (κ1) is 16.7. The Morgan fingerprint density at radius 2 is 1.80 bits per heavy atom. The number of hydrogen-bond donors (Lipinski definition) is 2. The largest absolute Gasteiger partial charge is 0.350 e. The molecular formula is C17H28N2O. The molecule has 1 unspecified atom stereocenters. The molecule has 20 heavy (non-hydrogen) atoms. The molecule has 0 saturated carbocycles. The van der Waals surface area contributed by atoms with Gasteiger partial charge < -0.3 is 11.1 Å². The molecular weight excluding hydrogens is 248 g/mol. The quantitative estimate of drug-likeness (QED) is 0.803. The van der Waals surface area contributed by atoms with Gasteiger partial charge in [0.15, 0.2) is 0 Å². The third kappa shape index (κ3) is 5.74. The minimum atomic E-state index is 0.0422. The summed E-state index contributed by atoms with van der Waals surface area (Å²) in [5.41, 5.74) is 8.11. The number of amides is 1. The summed E-state index contributed by atoms with van der Waals surface area (Å²) in [7, 11) is 0. The van der Waals surface area contributed by atoms with E-state index in [2.05, 4.69) is 50.4 Å². The van der Waals surface area contributed by atoms with E-state index in [1.165, 1.54) is 5.56 Å². The van der Waals surface area contributed by atoms with Crippen LogP contribution in [0.2, 0.25) is 0 Å². The van der Waals surface area contributed by atoms with E-state index in [-0.39, 0.29) is 17.9 Å². The van der Waals surface area contributed by atoms with Gasteiger partial charge in [-0.05, 0) is 44.2 Å². The lowest BCUT2D eigenvalue weighted by Gasteiger charge is -2.19. The van der Waals surface area contributed by atoms with Gasteiger partial charge in [-0.1, -0.05) is 43.7 Å². The van der Waals surface area contributed by atoms with Gasteiger partial charge in [0.25, 0.3) is 0 Å². The van der Waals surface area contributed by atoms with Crippen LogP contribution < -0.4 is 11.1 Å². The SMILES string of the molecule is Cc1ccc(C(C)NC(=O)C[C@@H](CN)CC(C)C)cc1. The van der Waals surface area contributed by atoms with Gasteiger partial charge >= 0.3 is 0 Å². The zero-order valence-corrected chi connectivity index (χ0v) is 13.1. The Kier molecular flexibility index (Phi) is 6.73. The van der Waals surface area contributed by atoms with Crippen molar-refractivity contribution in [3.05, 3.63) is 35.4 Å². The van der Waals surface area contributed by atoms with Gasteiger partial charge in [0, 0.05) is 6.42 Å². The maximum absolute atomic E-state index is 12.1. The minimum Gasteiger partial charge on any atom is -0.350 e. The number of nitrogens with two attached hydrogens (primary N) is 1. The van der Waals surface area contributed by atoms with Crippen molar-refractivity contribution in [1.29, 1.82) is 0 Å². The Labute approximate surface area is 122 Å². The van der Waals surface area contributed by atoms with Gasteiger partial charge in [0.2, 0.25) is 5.91 Å². The van der Waals surface area contributed by atoms with Gasteiger partial charge in [-0.2, -0.15) is 0 Å². The molecule has 0 aliphatic carbocycles. The Morgan fingerprint density at radius 1 is 1.20 bits per heavy atom. The number of nitrogens with one attached hydrogen (secondary N) is 1. The smallest absolute Gasteiger partial charge is 0.220 e. The number of hydrogen-bond acceptors (Lipinski definition) is 2. The Morgan fingerprint density at radius 3 is 2.30 bits per heavy atom. The second-order valence-electron chi connectivity index (χ2n) is 6.14. The first-order chi connectivity index (χ1) is 9.42. The average Bonchev–Trinajstić information content (AvgIpc) is 2.37. The summed E-state index contributed by atoms with van der Waals surface area (Å²) in [6.07, 6.45) is 1.52. The van der Waals surface area contributed by atoms with Gasteiger partial charge in [0.05, 0.1) is 6.04 Å².